The summed E-state index contributed by atoms with van der Waals surface area (Å²) in [6, 6.07) is 5.22. The zero-order valence-electron chi connectivity index (χ0n) is 10.9. The maximum absolute atomic E-state index is 11.3. The number of benzene rings is 1. The normalized spacial score (nSPS) is 17.5. The number of nitrogens with zero attached hydrogens (tertiary/aromatic N) is 1. The Labute approximate surface area is 112 Å². The van der Waals surface area contributed by atoms with E-state index in [9.17, 15) is 9.90 Å². The van der Waals surface area contributed by atoms with Crippen molar-refractivity contribution in [2.75, 3.05) is 25.4 Å². The Morgan fingerprint density at radius 3 is 2.63 bits per heavy atom. The molecule has 1 aliphatic heterocycles. The lowest BCUT2D eigenvalue weighted by Crippen LogP contribution is -2.34. The van der Waals surface area contributed by atoms with Crippen molar-refractivity contribution in [3.05, 3.63) is 29.3 Å². The highest BCUT2D eigenvalue weighted by atomic mass is 16.4. The molecular weight excluding hydrogens is 244 g/mol. The molecule has 5 nitrogen and oxygen atoms in total. The van der Waals surface area contributed by atoms with Gasteiger partial charge in [-0.15, -0.1) is 0 Å². The molecule has 1 aromatic rings. The van der Waals surface area contributed by atoms with Crippen LogP contribution in [-0.2, 0) is 6.54 Å². The number of hydrogen-bond donors (Lipinski definition) is 3. The van der Waals surface area contributed by atoms with Crippen molar-refractivity contribution in [1.82, 2.24) is 4.90 Å². The number of aromatic carboxylic acids is 1. The zero-order chi connectivity index (χ0) is 13.8. The van der Waals surface area contributed by atoms with Gasteiger partial charge in [-0.2, -0.15) is 0 Å². The number of aliphatic hydroxyl groups excluding tert-OH is 1. The fourth-order valence-corrected chi connectivity index (χ4v) is 2.58. The smallest absolute Gasteiger partial charge is 0.338 e. The fraction of sp³-hybridized carbons (Fsp3) is 0.500. The summed E-state index contributed by atoms with van der Waals surface area (Å²) in [6.45, 7) is 2.62. The van der Waals surface area contributed by atoms with Crippen LogP contribution in [0, 0.1) is 5.92 Å². The minimum Gasteiger partial charge on any atom is -0.478 e. The average Bonchev–Trinajstić information content (AvgIpc) is 2.39. The topological polar surface area (TPSA) is 86.8 Å². The van der Waals surface area contributed by atoms with E-state index in [1.807, 2.05) is 6.07 Å². The van der Waals surface area contributed by atoms with Crippen molar-refractivity contribution < 1.29 is 15.0 Å². The van der Waals surface area contributed by atoms with Crippen molar-refractivity contribution in [1.29, 1.82) is 0 Å². The van der Waals surface area contributed by atoms with Crippen LogP contribution in [0.4, 0.5) is 5.69 Å². The molecule has 0 bridgehead atoms. The van der Waals surface area contributed by atoms with Crippen LogP contribution in [0.25, 0.3) is 0 Å². The van der Waals surface area contributed by atoms with Crippen molar-refractivity contribution in [3.8, 4) is 0 Å². The maximum atomic E-state index is 11.3. The highest BCUT2D eigenvalue weighted by Gasteiger charge is 2.21. The summed E-state index contributed by atoms with van der Waals surface area (Å²) in [5, 5.41) is 18.3. The summed E-state index contributed by atoms with van der Waals surface area (Å²) in [6.07, 6.45) is 1.92. The van der Waals surface area contributed by atoms with E-state index < -0.39 is 5.97 Å². The number of piperidine rings is 1. The molecule has 104 valence electrons. The van der Waals surface area contributed by atoms with Gasteiger partial charge in [0.05, 0.1) is 5.56 Å². The van der Waals surface area contributed by atoms with E-state index in [1.165, 1.54) is 0 Å². The number of nitrogens with two attached hydrogens (primary N) is 1. The number of carboxylic acids is 1. The second-order valence-corrected chi connectivity index (χ2v) is 5.09. The third-order valence-corrected chi connectivity index (χ3v) is 3.76. The van der Waals surface area contributed by atoms with Gasteiger partial charge < -0.3 is 15.9 Å². The molecule has 0 amide bonds. The minimum absolute atomic E-state index is 0.215. The fourth-order valence-electron chi connectivity index (χ4n) is 2.58. The minimum atomic E-state index is -0.974. The molecule has 0 aromatic heterocycles. The third kappa shape index (κ3) is 3.24. The summed E-state index contributed by atoms with van der Waals surface area (Å²) in [5.41, 5.74) is 7.03. The van der Waals surface area contributed by atoms with E-state index >= 15 is 0 Å². The van der Waals surface area contributed by atoms with Gasteiger partial charge in [-0.3, -0.25) is 4.90 Å². The van der Waals surface area contributed by atoms with Crippen LogP contribution in [0.2, 0.25) is 0 Å². The Morgan fingerprint density at radius 2 is 2.05 bits per heavy atom. The number of nitrogen functional groups attached to an aromatic ring is 1. The first-order chi connectivity index (χ1) is 9.11. The van der Waals surface area contributed by atoms with E-state index in [2.05, 4.69) is 4.90 Å². The number of anilines is 1. The molecule has 0 saturated carbocycles. The van der Waals surface area contributed by atoms with Crippen LogP contribution in [0.3, 0.4) is 0 Å². The first-order valence-corrected chi connectivity index (χ1v) is 6.55. The van der Waals surface area contributed by atoms with Gasteiger partial charge in [0.2, 0.25) is 0 Å². The van der Waals surface area contributed by atoms with E-state index in [0.29, 0.717) is 18.2 Å². The predicted octanol–water partition coefficient (Wildman–Crippen LogP) is 1.17. The summed E-state index contributed by atoms with van der Waals surface area (Å²) >= 11 is 0. The van der Waals surface area contributed by atoms with Gasteiger partial charge in [-0.25, -0.2) is 4.79 Å². The van der Waals surface area contributed by atoms with Gasteiger partial charge >= 0.3 is 5.97 Å². The lowest BCUT2D eigenvalue weighted by molar-refractivity contribution is 0.0694. The molecule has 0 unspecified atom stereocenters. The predicted molar refractivity (Wildman–Crippen MR) is 72.9 cm³/mol. The Balaban J connectivity index is 2.08. The largest absolute Gasteiger partial charge is 0.478 e. The Hall–Kier alpha value is -1.59. The molecule has 0 spiro atoms. The molecule has 1 fully saturated rings. The molecular formula is C14H20N2O3. The highest BCUT2D eigenvalue weighted by molar-refractivity contribution is 5.95. The van der Waals surface area contributed by atoms with Crippen molar-refractivity contribution >= 4 is 11.7 Å². The molecule has 1 saturated heterocycles. The molecule has 2 rings (SSSR count). The average molecular weight is 264 g/mol. The van der Waals surface area contributed by atoms with E-state index in [-0.39, 0.29) is 12.2 Å². The van der Waals surface area contributed by atoms with Gasteiger partial charge in [0.1, 0.15) is 0 Å². The van der Waals surface area contributed by atoms with Gasteiger partial charge in [0.15, 0.2) is 0 Å². The Kier molecular flexibility index (Phi) is 4.39. The lowest BCUT2D eigenvalue weighted by atomic mass is 9.97. The zero-order valence-corrected chi connectivity index (χ0v) is 10.9. The maximum Gasteiger partial charge on any atom is 0.338 e. The molecule has 1 aromatic carbocycles. The molecule has 0 aliphatic carbocycles. The SMILES string of the molecule is Nc1cccc(CN2CCC(CO)CC2)c1C(=O)O. The van der Waals surface area contributed by atoms with E-state index in [1.54, 1.807) is 12.1 Å². The van der Waals surface area contributed by atoms with Gasteiger partial charge in [-0.05, 0) is 43.5 Å². The molecule has 1 aliphatic rings. The number of carboxylic acid groups (broad SMARTS) is 1. The number of carbonyl (C=O) groups is 1. The summed E-state index contributed by atoms with van der Waals surface area (Å²) in [7, 11) is 0. The van der Waals surface area contributed by atoms with E-state index in [0.717, 1.165) is 31.5 Å². The first kappa shape index (κ1) is 13.8. The van der Waals surface area contributed by atoms with Crippen molar-refractivity contribution in [2.24, 2.45) is 5.92 Å². The Bertz CT molecular complexity index is 454. The molecule has 0 radical (unpaired) electrons. The molecule has 5 heteroatoms. The monoisotopic (exact) mass is 264 g/mol. The summed E-state index contributed by atoms with van der Waals surface area (Å²) in [5.74, 6) is -0.589. The van der Waals surface area contributed by atoms with Crippen LogP contribution in [-0.4, -0.2) is 40.8 Å². The van der Waals surface area contributed by atoms with Crippen LogP contribution >= 0.6 is 0 Å². The van der Waals surface area contributed by atoms with Crippen molar-refractivity contribution in [3.63, 3.8) is 0 Å². The Morgan fingerprint density at radius 1 is 1.37 bits per heavy atom. The highest BCUT2D eigenvalue weighted by Crippen LogP contribution is 2.22. The molecule has 19 heavy (non-hydrogen) atoms. The number of likely N-dealkylation sites (tertiary alicyclic amines) is 1. The summed E-state index contributed by atoms with van der Waals surface area (Å²) in [4.78, 5) is 13.5. The lowest BCUT2D eigenvalue weighted by Gasteiger charge is -2.31. The van der Waals surface area contributed by atoms with Crippen LogP contribution in [0.15, 0.2) is 18.2 Å². The second kappa shape index (κ2) is 6.04. The van der Waals surface area contributed by atoms with Gasteiger partial charge in [0, 0.05) is 18.8 Å². The third-order valence-electron chi connectivity index (χ3n) is 3.76. The van der Waals surface area contributed by atoms with Crippen LogP contribution in [0.5, 0.6) is 0 Å². The number of hydrogen-bond acceptors (Lipinski definition) is 4. The standard InChI is InChI=1S/C14H20N2O3/c15-12-3-1-2-11(13(12)14(18)19)8-16-6-4-10(9-17)5-7-16/h1-3,10,17H,4-9,15H2,(H,18,19). The van der Waals surface area contributed by atoms with Crippen molar-refractivity contribution in [2.45, 2.75) is 19.4 Å². The summed E-state index contributed by atoms with van der Waals surface area (Å²) < 4.78 is 0. The van der Waals surface area contributed by atoms with E-state index in [4.69, 9.17) is 10.8 Å². The van der Waals surface area contributed by atoms with Crippen LogP contribution in [0.1, 0.15) is 28.8 Å². The molecule has 1 heterocycles. The van der Waals surface area contributed by atoms with Gasteiger partial charge in [-0.1, -0.05) is 12.1 Å². The second-order valence-electron chi connectivity index (χ2n) is 5.09. The van der Waals surface area contributed by atoms with Crippen LogP contribution < -0.4 is 5.73 Å². The first-order valence-electron chi connectivity index (χ1n) is 6.55. The molecule has 0 atom stereocenters. The quantitative estimate of drug-likeness (QED) is 0.711. The van der Waals surface area contributed by atoms with Gasteiger partial charge in [0.25, 0.3) is 0 Å². The molecule has 4 N–H and O–H groups in total. The number of aliphatic hydroxyl groups is 1. The number of rotatable bonds is 4.